The zero-order chi connectivity index (χ0) is 20.4. The van der Waals surface area contributed by atoms with Crippen LogP contribution in [0.25, 0.3) is 10.3 Å². The zero-order valence-corrected chi connectivity index (χ0v) is 17.0. The van der Waals surface area contributed by atoms with E-state index in [4.69, 9.17) is 0 Å². The lowest BCUT2D eigenvalue weighted by Gasteiger charge is -2.23. The Hall–Kier alpha value is -2.78. The number of amides is 1. The van der Waals surface area contributed by atoms with E-state index < -0.39 is 0 Å². The predicted octanol–water partition coefficient (Wildman–Crippen LogP) is 1.21. The lowest BCUT2D eigenvalue weighted by atomic mass is 10.2. The van der Waals surface area contributed by atoms with Crippen LogP contribution < -0.4 is 15.8 Å². The molecule has 1 atom stereocenters. The van der Waals surface area contributed by atoms with Gasteiger partial charge in [0.2, 0.25) is 5.91 Å². The Labute approximate surface area is 171 Å². The van der Waals surface area contributed by atoms with E-state index in [0.29, 0.717) is 40.8 Å². The fraction of sp³-hybridized carbons (Fsp3) is 0.400. The summed E-state index contributed by atoms with van der Waals surface area (Å²) in [5.74, 6) is 0.492. The predicted molar refractivity (Wildman–Crippen MR) is 112 cm³/mol. The molecule has 2 aromatic heterocycles. The van der Waals surface area contributed by atoms with Crippen LogP contribution in [0.4, 0.5) is 5.13 Å². The number of nitrogens with zero attached hydrogens (tertiary/aromatic N) is 4. The van der Waals surface area contributed by atoms with Crippen LogP contribution in [-0.2, 0) is 24.8 Å². The molecule has 1 aromatic carbocycles. The molecule has 8 nitrogen and oxygen atoms in total. The third kappa shape index (κ3) is 3.88. The number of hydrogen-bond donors (Lipinski definition) is 2. The molecule has 29 heavy (non-hydrogen) atoms. The summed E-state index contributed by atoms with van der Waals surface area (Å²) in [7, 11) is 1.63. The van der Waals surface area contributed by atoms with Gasteiger partial charge in [-0.3, -0.25) is 14.2 Å². The van der Waals surface area contributed by atoms with E-state index in [2.05, 4.69) is 15.3 Å². The van der Waals surface area contributed by atoms with Gasteiger partial charge >= 0.3 is 0 Å². The fourth-order valence-electron chi connectivity index (χ4n) is 3.60. The minimum Gasteiger partial charge on any atom is -0.396 e. The molecule has 1 amide bonds. The first kappa shape index (κ1) is 19.5. The van der Waals surface area contributed by atoms with E-state index in [1.165, 1.54) is 15.9 Å². The third-order valence-electron chi connectivity index (χ3n) is 5.17. The second-order valence-corrected chi connectivity index (χ2v) is 8.03. The molecule has 1 fully saturated rings. The Balaban J connectivity index is 1.56. The van der Waals surface area contributed by atoms with Crippen LogP contribution in [0.15, 0.2) is 35.1 Å². The fourth-order valence-corrected chi connectivity index (χ4v) is 4.63. The van der Waals surface area contributed by atoms with E-state index in [1.54, 1.807) is 7.05 Å². The maximum atomic E-state index is 12.8. The van der Waals surface area contributed by atoms with Crippen molar-refractivity contribution in [1.82, 2.24) is 19.9 Å². The summed E-state index contributed by atoms with van der Waals surface area (Å²) in [6, 6.07) is 9.49. The summed E-state index contributed by atoms with van der Waals surface area (Å²) in [4.78, 5) is 36.9. The van der Waals surface area contributed by atoms with Crippen LogP contribution in [0, 0.1) is 0 Å². The molecule has 1 aliphatic rings. The average Bonchev–Trinajstić information content (AvgIpc) is 3.38. The summed E-state index contributed by atoms with van der Waals surface area (Å²) < 4.78 is 1.43. The standard InChI is InChI=1S/C20H23N5O3S/c1-24-15(9-11-26)22-18-16(19(24)28)23-20(29-18)25-10-5-8-14(25)17(27)21-12-13-6-3-2-4-7-13/h2-4,6-7,14,26H,5,8-12H2,1H3,(H,21,27). The summed E-state index contributed by atoms with van der Waals surface area (Å²) >= 11 is 1.32. The number of fused-ring (bicyclic) bond motifs is 1. The monoisotopic (exact) mass is 413 g/mol. The van der Waals surface area contributed by atoms with Crippen LogP contribution in [0.2, 0.25) is 0 Å². The average molecular weight is 414 g/mol. The van der Waals surface area contributed by atoms with Crippen molar-refractivity contribution in [2.24, 2.45) is 7.05 Å². The quantitative estimate of drug-likeness (QED) is 0.630. The van der Waals surface area contributed by atoms with E-state index in [-0.39, 0.29) is 24.1 Å². The van der Waals surface area contributed by atoms with Gasteiger partial charge in [-0.05, 0) is 18.4 Å². The van der Waals surface area contributed by atoms with Gasteiger partial charge in [0.1, 0.15) is 11.9 Å². The van der Waals surface area contributed by atoms with Gasteiger partial charge in [0.05, 0.1) is 6.61 Å². The third-order valence-corrected chi connectivity index (χ3v) is 6.16. The number of nitrogens with one attached hydrogen (secondary N) is 1. The number of carbonyl (C=O) groups is 1. The van der Waals surface area contributed by atoms with Gasteiger partial charge in [-0.15, -0.1) is 0 Å². The summed E-state index contributed by atoms with van der Waals surface area (Å²) in [6.45, 7) is 1.12. The first-order valence-electron chi connectivity index (χ1n) is 9.64. The van der Waals surface area contributed by atoms with Crippen LogP contribution in [0.1, 0.15) is 24.2 Å². The first-order valence-corrected chi connectivity index (χ1v) is 10.5. The Morgan fingerprint density at radius 3 is 2.86 bits per heavy atom. The molecule has 0 aliphatic carbocycles. The number of aliphatic hydroxyl groups is 1. The van der Waals surface area contributed by atoms with Gasteiger partial charge in [-0.25, -0.2) is 9.97 Å². The Morgan fingerprint density at radius 1 is 1.31 bits per heavy atom. The summed E-state index contributed by atoms with van der Waals surface area (Å²) in [5.41, 5.74) is 1.13. The van der Waals surface area contributed by atoms with Gasteiger partial charge in [-0.2, -0.15) is 0 Å². The van der Waals surface area contributed by atoms with Gasteiger partial charge in [0.15, 0.2) is 15.5 Å². The van der Waals surface area contributed by atoms with Crippen molar-refractivity contribution < 1.29 is 9.90 Å². The van der Waals surface area contributed by atoms with Crippen LogP contribution in [0.5, 0.6) is 0 Å². The number of anilines is 1. The number of benzene rings is 1. The van der Waals surface area contributed by atoms with E-state index in [1.807, 2.05) is 35.2 Å². The summed E-state index contributed by atoms with van der Waals surface area (Å²) in [5, 5.41) is 12.8. The summed E-state index contributed by atoms with van der Waals surface area (Å²) in [6.07, 6.45) is 1.95. The molecule has 3 aromatic rings. The van der Waals surface area contributed by atoms with E-state index in [9.17, 15) is 14.7 Å². The van der Waals surface area contributed by atoms with E-state index >= 15 is 0 Å². The molecule has 0 bridgehead atoms. The van der Waals surface area contributed by atoms with Crippen molar-refractivity contribution >= 4 is 32.7 Å². The molecular weight excluding hydrogens is 390 g/mol. The number of thiazole rings is 1. The number of rotatable bonds is 6. The topological polar surface area (TPSA) is 100 Å². The molecule has 1 saturated heterocycles. The second-order valence-electron chi connectivity index (χ2n) is 7.07. The lowest BCUT2D eigenvalue weighted by Crippen LogP contribution is -2.43. The molecule has 9 heteroatoms. The highest BCUT2D eigenvalue weighted by Gasteiger charge is 2.33. The van der Waals surface area contributed by atoms with Gasteiger partial charge in [0.25, 0.3) is 5.56 Å². The van der Waals surface area contributed by atoms with Crippen molar-refractivity contribution in [3.63, 3.8) is 0 Å². The highest BCUT2D eigenvalue weighted by Crippen LogP contribution is 2.31. The normalized spacial score (nSPS) is 16.5. The van der Waals surface area contributed by atoms with Gasteiger partial charge < -0.3 is 15.3 Å². The highest BCUT2D eigenvalue weighted by atomic mass is 32.1. The minimum absolute atomic E-state index is 0.0348. The van der Waals surface area contributed by atoms with Crippen molar-refractivity contribution in [1.29, 1.82) is 0 Å². The van der Waals surface area contributed by atoms with E-state index in [0.717, 1.165) is 18.4 Å². The second kappa shape index (κ2) is 8.30. The first-order chi connectivity index (χ1) is 14.1. The van der Waals surface area contributed by atoms with Crippen LogP contribution >= 0.6 is 11.3 Å². The number of aliphatic hydroxyl groups excluding tert-OH is 1. The molecule has 0 spiro atoms. The molecule has 3 heterocycles. The number of hydrogen-bond acceptors (Lipinski definition) is 7. The highest BCUT2D eigenvalue weighted by molar-refractivity contribution is 7.21. The Bertz CT molecular complexity index is 1080. The number of carbonyl (C=O) groups excluding carboxylic acids is 1. The Morgan fingerprint density at radius 2 is 2.10 bits per heavy atom. The molecule has 1 aliphatic heterocycles. The molecule has 0 radical (unpaired) electrons. The lowest BCUT2D eigenvalue weighted by molar-refractivity contribution is -0.122. The van der Waals surface area contributed by atoms with Gasteiger partial charge in [-0.1, -0.05) is 41.7 Å². The molecular formula is C20H23N5O3S. The van der Waals surface area contributed by atoms with Crippen molar-refractivity contribution in [3.05, 3.63) is 52.1 Å². The minimum atomic E-state index is -0.306. The smallest absolute Gasteiger partial charge is 0.280 e. The largest absolute Gasteiger partial charge is 0.396 e. The number of aromatic nitrogens is 3. The maximum absolute atomic E-state index is 12.8. The van der Waals surface area contributed by atoms with Crippen LogP contribution in [0.3, 0.4) is 0 Å². The van der Waals surface area contributed by atoms with Crippen molar-refractivity contribution in [2.75, 3.05) is 18.1 Å². The molecule has 0 saturated carbocycles. The van der Waals surface area contributed by atoms with Crippen molar-refractivity contribution in [2.45, 2.75) is 31.8 Å². The maximum Gasteiger partial charge on any atom is 0.280 e. The Kier molecular flexibility index (Phi) is 5.59. The SMILES string of the molecule is Cn1c(CCO)nc2sc(N3CCCC3C(=O)NCc3ccccc3)nc2c1=O. The molecule has 1 unspecified atom stereocenters. The zero-order valence-electron chi connectivity index (χ0n) is 16.2. The van der Waals surface area contributed by atoms with Crippen molar-refractivity contribution in [3.8, 4) is 0 Å². The molecule has 152 valence electrons. The molecule has 2 N–H and O–H groups in total. The molecule has 4 rings (SSSR count). The van der Waals surface area contributed by atoms with Crippen LogP contribution in [-0.4, -0.2) is 44.7 Å². The van der Waals surface area contributed by atoms with Gasteiger partial charge in [0, 0.05) is 26.6 Å².